The number of anilines is 1. The van der Waals surface area contributed by atoms with E-state index in [0.29, 0.717) is 17.7 Å². The van der Waals surface area contributed by atoms with Gasteiger partial charge in [0.2, 0.25) is 0 Å². The molecule has 0 bridgehead atoms. The van der Waals surface area contributed by atoms with Crippen LogP contribution in [0, 0.1) is 10.1 Å². The van der Waals surface area contributed by atoms with Gasteiger partial charge in [-0.1, -0.05) is 13.0 Å². The molecule has 1 unspecified atom stereocenters. The van der Waals surface area contributed by atoms with Gasteiger partial charge in [0.25, 0.3) is 5.69 Å². The number of nitro benzene ring substituents is 1. The highest BCUT2D eigenvalue weighted by Crippen LogP contribution is 2.24. The van der Waals surface area contributed by atoms with Gasteiger partial charge >= 0.3 is 6.03 Å². The smallest absolute Gasteiger partial charge is 0.319 e. The number of nitro groups is 1. The molecule has 0 saturated heterocycles. The van der Waals surface area contributed by atoms with Crippen LogP contribution in [0.3, 0.4) is 0 Å². The SMILES string of the molecule is CCc1ccc(NC(=O)NCC(C)(O)c2ccsc2)cc1[N+](=O)[O-]. The standard InChI is InChI=1S/C16H19N3O4S/c1-3-11-4-5-13(8-14(11)19(22)23)18-15(20)17-10-16(2,21)12-6-7-24-9-12/h4-9,21H,3,10H2,1-2H3,(H2,17,18,20). The molecular formula is C16H19N3O4S. The number of rotatable bonds is 6. The van der Waals surface area contributed by atoms with Gasteiger partial charge in [0.1, 0.15) is 5.60 Å². The van der Waals surface area contributed by atoms with Gasteiger partial charge in [0.05, 0.1) is 11.5 Å². The molecule has 7 nitrogen and oxygen atoms in total. The Hall–Kier alpha value is -2.45. The zero-order chi connectivity index (χ0) is 17.7. The predicted octanol–water partition coefficient (Wildman–Crippen LogP) is 3.25. The maximum atomic E-state index is 12.0. The lowest BCUT2D eigenvalue weighted by molar-refractivity contribution is -0.385. The van der Waals surface area contributed by atoms with E-state index in [-0.39, 0.29) is 12.2 Å². The second kappa shape index (κ2) is 7.41. The summed E-state index contributed by atoms with van der Waals surface area (Å²) in [5, 5.41) is 30.2. The average molecular weight is 349 g/mol. The largest absolute Gasteiger partial charge is 0.384 e. The Kier molecular flexibility index (Phi) is 5.53. The van der Waals surface area contributed by atoms with Crippen LogP contribution in [0.5, 0.6) is 0 Å². The zero-order valence-corrected chi connectivity index (χ0v) is 14.2. The summed E-state index contributed by atoms with van der Waals surface area (Å²) in [4.78, 5) is 22.5. The second-order valence-corrected chi connectivity index (χ2v) is 6.33. The molecule has 0 saturated carbocycles. The van der Waals surface area contributed by atoms with Crippen LogP contribution in [0.1, 0.15) is 25.0 Å². The highest BCUT2D eigenvalue weighted by atomic mass is 32.1. The number of hydrogen-bond acceptors (Lipinski definition) is 5. The van der Waals surface area contributed by atoms with Crippen molar-refractivity contribution < 1.29 is 14.8 Å². The van der Waals surface area contributed by atoms with Gasteiger partial charge < -0.3 is 15.7 Å². The van der Waals surface area contributed by atoms with Crippen LogP contribution in [-0.2, 0) is 12.0 Å². The van der Waals surface area contributed by atoms with Crippen LogP contribution in [0.2, 0.25) is 0 Å². The first-order valence-corrected chi connectivity index (χ1v) is 8.35. The Bertz CT molecular complexity index is 729. The maximum absolute atomic E-state index is 12.0. The van der Waals surface area contributed by atoms with Gasteiger partial charge in [-0.2, -0.15) is 11.3 Å². The molecule has 0 radical (unpaired) electrons. The van der Waals surface area contributed by atoms with Gasteiger partial charge in [-0.3, -0.25) is 10.1 Å². The van der Waals surface area contributed by atoms with Crippen LogP contribution in [0.25, 0.3) is 0 Å². The number of amides is 2. The van der Waals surface area contributed by atoms with E-state index in [2.05, 4.69) is 10.6 Å². The van der Waals surface area contributed by atoms with E-state index in [9.17, 15) is 20.0 Å². The number of thiophene rings is 1. The Labute approximate surface area is 143 Å². The molecule has 3 N–H and O–H groups in total. The minimum absolute atomic E-state index is 0.0186. The van der Waals surface area contributed by atoms with Crippen molar-refractivity contribution in [2.24, 2.45) is 0 Å². The van der Waals surface area contributed by atoms with Gasteiger partial charge in [0, 0.05) is 17.3 Å². The highest BCUT2D eigenvalue weighted by Gasteiger charge is 2.24. The summed E-state index contributed by atoms with van der Waals surface area (Å²) in [5.41, 5.74) is 0.435. The molecule has 2 amide bonds. The number of hydrogen-bond donors (Lipinski definition) is 3. The molecule has 2 rings (SSSR count). The van der Waals surface area contributed by atoms with Gasteiger partial charge in [-0.25, -0.2) is 4.79 Å². The number of urea groups is 1. The molecule has 0 aliphatic rings. The summed E-state index contributed by atoms with van der Waals surface area (Å²) >= 11 is 1.46. The molecule has 0 spiro atoms. The molecule has 128 valence electrons. The number of aliphatic hydroxyl groups is 1. The summed E-state index contributed by atoms with van der Waals surface area (Å²) in [6.07, 6.45) is 0.534. The molecule has 1 aromatic carbocycles. The minimum atomic E-state index is -1.19. The number of benzene rings is 1. The first kappa shape index (κ1) is 17.9. The Morgan fingerprint density at radius 1 is 1.42 bits per heavy atom. The normalized spacial score (nSPS) is 13.1. The Morgan fingerprint density at radius 2 is 2.17 bits per heavy atom. The highest BCUT2D eigenvalue weighted by molar-refractivity contribution is 7.08. The van der Waals surface area contributed by atoms with Crippen molar-refractivity contribution in [2.75, 3.05) is 11.9 Å². The van der Waals surface area contributed by atoms with E-state index >= 15 is 0 Å². The molecular weight excluding hydrogens is 330 g/mol. The summed E-state index contributed by atoms with van der Waals surface area (Å²) in [5.74, 6) is 0. The van der Waals surface area contributed by atoms with Gasteiger partial charge in [-0.05, 0) is 41.8 Å². The molecule has 1 aromatic heterocycles. The van der Waals surface area contributed by atoms with Crippen molar-refractivity contribution in [2.45, 2.75) is 25.9 Å². The first-order chi connectivity index (χ1) is 11.3. The van der Waals surface area contributed by atoms with E-state index in [1.807, 2.05) is 17.7 Å². The van der Waals surface area contributed by atoms with Crippen molar-refractivity contribution in [3.05, 3.63) is 56.3 Å². The molecule has 0 aliphatic carbocycles. The van der Waals surface area contributed by atoms with Gasteiger partial charge in [0.15, 0.2) is 0 Å². The number of carbonyl (C=O) groups is 1. The third kappa shape index (κ3) is 4.30. The Morgan fingerprint density at radius 3 is 2.75 bits per heavy atom. The summed E-state index contributed by atoms with van der Waals surface area (Å²) in [6.45, 7) is 3.45. The quantitative estimate of drug-likeness (QED) is 0.550. The number of nitrogens with zero attached hydrogens (tertiary/aromatic N) is 1. The first-order valence-electron chi connectivity index (χ1n) is 7.40. The van der Waals surface area contributed by atoms with Crippen molar-refractivity contribution in [3.8, 4) is 0 Å². The monoisotopic (exact) mass is 349 g/mol. The van der Waals surface area contributed by atoms with Crippen molar-refractivity contribution in [1.29, 1.82) is 0 Å². The number of carbonyl (C=O) groups excluding carboxylic acids is 1. The van der Waals surface area contributed by atoms with E-state index in [4.69, 9.17) is 0 Å². The van der Waals surface area contributed by atoms with Crippen LogP contribution < -0.4 is 10.6 Å². The molecule has 0 aliphatic heterocycles. The van der Waals surface area contributed by atoms with Gasteiger partial charge in [-0.15, -0.1) is 0 Å². The minimum Gasteiger partial charge on any atom is -0.384 e. The zero-order valence-electron chi connectivity index (χ0n) is 13.4. The van der Waals surface area contributed by atoms with Crippen LogP contribution in [0.4, 0.5) is 16.2 Å². The fourth-order valence-corrected chi connectivity index (χ4v) is 2.99. The lowest BCUT2D eigenvalue weighted by Gasteiger charge is -2.22. The lowest BCUT2D eigenvalue weighted by atomic mass is 9.99. The van der Waals surface area contributed by atoms with Crippen LogP contribution in [-0.4, -0.2) is 22.6 Å². The van der Waals surface area contributed by atoms with Crippen molar-refractivity contribution in [3.63, 3.8) is 0 Å². The number of nitrogens with one attached hydrogen (secondary N) is 2. The molecule has 2 aromatic rings. The van der Waals surface area contributed by atoms with Crippen LogP contribution in [0.15, 0.2) is 35.0 Å². The third-order valence-corrected chi connectivity index (χ3v) is 4.34. The predicted molar refractivity (Wildman–Crippen MR) is 93.4 cm³/mol. The third-order valence-electron chi connectivity index (χ3n) is 3.66. The topological polar surface area (TPSA) is 104 Å². The van der Waals surface area contributed by atoms with E-state index < -0.39 is 16.6 Å². The summed E-state index contributed by atoms with van der Waals surface area (Å²) in [6, 6.07) is 5.81. The molecule has 1 heterocycles. The summed E-state index contributed by atoms with van der Waals surface area (Å²) < 4.78 is 0. The number of aryl methyl sites for hydroxylation is 1. The average Bonchev–Trinajstić information content (AvgIpc) is 3.08. The second-order valence-electron chi connectivity index (χ2n) is 5.55. The maximum Gasteiger partial charge on any atom is 0.319 e. The van der Waals surface area contributed by atoms with E-state index in [1.54, 1.807) is 25.1 Å². The fourth-order valence-electron chi connectivity index (χ4n) is 2.21. The van der Waals surface area contributed by atoms with E-state index in [1.165, 1.54) is 17.4 Å². The fraction of sp³-hybridized carbons (Fsp3) is 0.312. The van der Waals surface area contributed by atoms with Crippen molar-refractivity contribution >= 4 is 28.7 Å². The molecule has 0 fully saturated rings. The molecule has 1 atom stereocenters. The lowest BCUT2D eigenvalue weighted by Crippen LogP contribution is -2.40. The van der Waals surface area contributed by atoms with Crippen LogP contribution >= 0.6 is 11.3 Å². The Balaban J connectivity index is 2.00. The summed E-state index contributed by atoms with van der Waals surface area (Å²) in [7, 11) is 0. The molecule has 8 heteroatoms. The molecule has 24 heavy (non-hydrogen) atoms. The van der Waals surface area contributed by atoms with E-state index in [0.717, 1.165) is 5.56 Å². The van der Waals surface area contributed by atoms with Crippen molar-refractivity contribution in [1.82, 2.24) is 5.32 Å².